The summed E-state index contributed by atoms with van der Waals surface area (Å²) in [5, 5.41) is 1.96. The van der Waals surface area contributed by atoms with Crippen LogP contribution in [0.1, 0.15) is 15.9 Å². The van der Waals surface area contributed by atoms with Gasteiger partial charge in [-0.3, -0.25) is 4.79 Å². The zero-order valence-electron chi connectivity index (χ0n) is 12.4. The molecule has 0 bridgehead atoms. The topological polar surface area (TPSA) is 38.8 Å². The molecule has 1 fully saturated rings. The Hall–Kier alpha value is -2.07. The predicted molar refractivity (Wildman–Crippen MR) is 82.0 cm³/mol. The summed E-state index contributed by atoms with van der Waals surface area (Å²) in [5.41, 5.74) is 1.83. The van der Waals surface area contributed by atoms with Gasteiger partial charge in [0.2, 0.25) is 0 Å². The van der Waals surface area contributed by atoms with Gasteiger partial charge in [0, 0.05) is 29.4 Å². The second kappa shape index (κ2) is 5.74. The zero-order valence-corrected chi connectivity index (χ0v) is 12.4. The highest BCUT2D eigenvalue weighted by atomic mass is 16.5. The molecule has 1 heterocycles. The predicted octanol–water partition coefficient (Wildman–Crippen LogP) is 2.63. The van der Waals surface area contributed by atoms with Gasteiger partial charge in [0.05, 0.1) is 20.3 Å². The Labute approximate surface area is 124 Å². The summed E-state index contributed by atoms with van der Waals surface area (Å²) in [5.74, 6) is 0.868. The van der Waals surface area contributed by atoms with Crippen LogP contribution in [0.2, 0.25) is 0 Å². The lowest BCUT2D eigenvalue weighted by atomic mass is 9.98. The van der Waals surface area contributed by atoms with Gasteiger partial charge in [-0.25, -0.2) is 0 Å². The highest BCUT2D eigenvalue weighted by Crippen LogP contribution is 2.31. The van der Waals surface area contributed by atoms with Crippen LogP contribution in [0.5, 0.6) is 5.75 Å². The first kappa shape index (κ1) is 13.9. The summed E-state index contributed by atoms with van der Waals surface area (Å²) < 4.78 is 10.7. The standard InChI is InChI=1S/C17H19NO3/c1-12-4-3-5-13-15(20-2)7-6-14(16(12)13)17(19)18-8-10-21-11-9-18/h3-7H,8-11H2,1-2H3. The van der Waals surface area contributed by atoms with Gasteiger partial charge >= 0.3 is 0 Å². The lowest BCUT2D eigenvalue weighted by Gasteiger charge is -2.27. The van der Waals surface area contributed by atoms with Gasteiger partial charge in [-0.1, -0.05) is 18.2 Å². The van der Waals surface area contributed by atoms with Crippen LogP contribution in [-0.4, -0.2) is 44.2 Å². The van der Waals surface area contributed by atoms with Gasteiger partial charge in [-0.15, -0.1) is 0 Å². The van der Waals surface area contributed by atoms with Crippen molar-refractivity contribution in [3.05, 3.63) is 41.5 Å². The maximum Gasteiger partial charge on any atom is 0.254 e. The van der Waals surface area contributed by atoms with Crippen LogP contribution in [0.15, 0.2) is 30.3 Å². The van der Waals surface area contributed by atoms with E-state index in [1.54, 1.807) is 7.11 Å². The third-order valence-electron chi connectivity index (χ3n) is 3.96. The molecular weight excluding hydrogens is 266 g/mol. The quantitative estimate of drug-likeness (QED) is 0.851. The van der Waals surface area contributed by atoms with E-state index >= 15 is 0 Å². The molecule has 21 heavy (non-hydrogen) atoms. The second-order valence-electron chi connectivity index (χ2n) is 5.22. The summed E-state index contributed by atoms with van der Waals surface area (Å²) in [4.78, 5) is 14.7. The monoisotopic (exact) mass is 285 g/mol. The first-order valence-electron chi connectivity index (χ1n) is 7.15. The number of benzene rings is 2. The molecule has 0 aromatic heterocycles. The molecule has 1 aliphatic heterocycles. The minimum absolute atomic E-state index is 0.0697. The van der Waals surface area contributed by atoms with Crippen molar-refractivity contribution in [3.8, 4) is 5.75 Å². The first-order valence-corrected chi connectivity index (χ1v) is 7.15. The van der Waals surface area contributed by atoms with Crippen LogP contribution in [0.3, 0.4) is 0 Å². The second-order valence-corrected chi connectivity index (χ2v) is 5.22. The molecule has 0 spiro atoms. The van der Waals surface area contributed by atoms with Gasteiger partial charge in [0.1, 0.15) is 5.75 Å². The van der Waals surface area contributed by atoms with E-state index < -0.39 is 0 Å². The van der Waals surface area contributed by atoms with E-state index in [2.05, 4.69) is 0 Å². The van der Waals surface area contributed by atoms with Crippen LogP contribution in [0.25, 0.3) is 10.8 Å². The van der Waals surface area contributed by atoms with Crippen molar-refractivity contribution < 1.29 is 14.3 Å². The van der Waals surface area contributed by atoms with Gasteiger partial charge < -0.3 is 14.4 Å². The van der Waals surface area contributed by atoms with Crippen molar-refractivity contribution in [3.63, 3.8) is 0 Å². The van der Waals surface area contributed by atoms with Crippen molar-refractivity contribution in [1.82, 2.24) is 4.90 Å². The third-order valence-corrected chi connectivity index (χ3v) is 3.96. The fraction of sp³-hybridized carbons (Fsp3) is 0.353. The number of methoxy groups -OCH3 is 1. The van der Waals surface area contributed by atoms with Crippen LogP contribution < -0.4 is 4.74 Å². The first-order chi connectivity index (χ1) is 10.2. The molecule has 110 valence electrons. The van der Waals surface area contributed by atoms with Gasteiger partial charge in [-0.2, -0.15) is 0 Å². The Kier molecular flexibility index (Phi) is 3.80. The van der Waals surface area contributed by atoms with Crippen molar-refractivity contribution in [2.24, 2.45) is 0 Å². The van der Waals surface area contributed by atoms with Gasteiger partial charge in [0.25, 0.3) is 5.91 Å². The molecule has 1 amide bonds. The maximum absolute atomic E-state index is 12.8. The molecule has 0 radical (unpaired) electrons. The molecule has 0 unspecified atom stereocenters. The van der Waals surface area contributed by atoms with Crippen molar-refractivity contribution in [2.75, 3.05) is 33.4 Å². The Morgan fingerprint density at radius 1 is 1.19 bits per heavy atom. The Bertz CT molecular complexity index is 675. The molecule has 1 saturated heterocycles. The number of hydrogen-bond acceptors (Lipinski definition) is 3. The SMILES string of the molecule is COc1ccc(C(=O)N2CCOCC2)c2c(C)cccc12. The summed E-state index contributed by atoms with van der Waals surface area (Å²) in [6.45, 7) is 4.55. The van der Waals surface area contributed by atoms with Gasteiger partial charge in [-0.05, 0) is 24.6 Å². The van der Waals surface area contributed by atoms with E-state index in [-0.39, 0.29) is 5.91 Å². The molecule has 0 aliphatic carbocycles. The number of amides is 1. The molecule has 0 atom stereocenters. The van der Waals surface area contributed by atoms with Crippen molar-refractivity contribution >= 4 is 16.7 Å². The van der Waals surface area contributed by atoms with E-state index in [4.69, 9.17) is 9.47 Å². The minimum Gasteiger partial charge on any atom is -0.496 e. The lowest BCUT2D eigenvalue weighted by molar-refractivity contribution is 0.0304. The molecule has 1 aliphatic rings. The number of aryl methyl sites for hydroxylation is 1. The van der Waals surface area contributed by atoms with Crippen LogP contribution >= 0.6 is 0 Å². The highest BCUT2D eigenvalue weighted by molar-refractivity contribution is 6.09. The number of carbonyl (C=O) groups excluding carboxylic acids is 1. The number of morpholine rings is 1. The average molecular weight is 285 g/mol. The molecular formula is C17H19NO3. The summed E-state index contributed by atoms with van der Waals surface area (Å²) in [6.07, 6.45) is 0. The number of rotatable bonds is 2. The molecule has 2 aromatic rings. The Balaban J connectivity index is 2.12. The number of fused-ring (bicyclic) bond motifs is 1. The summed E-state index contributed by atoms with van der Waals surface area (Å²) in [6, 6.07) is 9.75. The number of nitrogens with zero attached hydrogens (tertiary/aromatic N) is 1. The van der Waals surface area contributed by atoms with Crippen molar-refractivity contribution in [2.45, 2.75) is 6.92 Å². The normalized spacial score (nSPS) is 15.2. The summed E-state index contributed by atoms with van der Waals surface area (Å²) >= 11 is 0. The fourth-order valence-electron chi connectivity index (χ4n) is 2.86. The van der Waals surface area contributed by atoms with E-state index in [9.17, 15) is 4.79 Å². The molecule has 4 heteroatoms. The van der Waals surface area contributed by atoms with Crippen LogP contribution in [0, 0.1) is 6.92 Å². The van der Waals surface area contributed by atoms with E-state index in [1.165, 1.54) is 0 Å². The minimum atomic E-state index is 0.0697. The average Bonchev–Trinajstić information content (AvgIpc) is 2.54. The molecule has 3 rings (SSSR count). The highest BCUT2D eigenvalue weighted by Gasteiger charge is 2.21. The lowest BCUT2D eigenvalue weighted by Crippen LogP contribution is -2.40. The van der Waals surface area contributed by atoms with E-state index in [0.29, 0.717) is 26.3 Å². The van der Waals surface area contributed by atoms with Crippen molar-refractivity contribution in [1.29, 1.82) is 0 Å². The maximum atomic E-state index is 12.8. The molecule has 0 N–H and O–H groups in total. The Morgan fingerprint density at radius 2 is 1.95 bits per heavy atom. The van der Waals surface area contributed by atoms with Gasteiger partial charge in [0.15, 0.2) is 0 Å². The molecule has 2 aromatic carbocycles. The number of carbonyl (C=O) groups is 1. The fourth-order valence-corrected chi connectivity index (χ4v) is 2.86. The third kappa shape index (κ3) is 2.47. The summed E-state index contributed by atoms with van der Waals surface area (Å²) in [7, 11) is 1.65. The number of ether oxygens (including phenoxy) is 2. The zero-order chi connectivity index (χ0) is 14.8. The van der Waals surface area contributed by atoms with Crippen LogP contribution in [-0.2, 0) is 4.74 Å². The van der Waals surface area contributed by atoms with E-state index in [0.717, 1.165) is 27.6 Å². The van der Waals surface area contributed by atoms with E-state index in [1.807, 2.05) is 42.2 Å². The van der Waals surface area contributed by atoms with Crippen LogP contribution in [0.4, 0.5) is 0 Å². The molecule has 4 nitrogen and oxygen atoms in total. The molecule has 0 saturated carbocycles. The Morgan fingerprint density at radius 3 is 2.67 bits per heavy atom. The number of hydrogen-bond donors (Lipinski definition) is 0. The smallest absolute Gasteiger partial charge is 0.254 e. The largest absolute Gasteiger partial charge is 0.496 e.